The molecule has 1 heterocycles. The van der Waals surface area contributed by atoms with Crippen LogP contribution in [0.4, 0.5) is 8.78 Å². The van der Waals surface area contributed by atoms with Gasteiger partial charge in [0.15, 0.2) is 17.4 Å². The number of methoxy groups -OCH3 is 2. The number of rotatable bonds is 7. The number of Topliss-reactive ketones (excluding diaryl/α,β-unsaturated/α-hetero) is 1. The first-order valence-corrected chi connectivity index (χ1v) is 9.02. The van der Waals surface area contributed by atoms with Crippen LogP contribution in [0.15, 0.2) is 46.0 Å². The summed E-state index contributed by atoms with van der Waals surface area (Å²) in [5, 5.41) is 7.43. The predicted octanol–water partition coefficient (Wildman–Crippen LogP) is 4.40. The molecular weight excluding hydrogens is 390 g/mol. The molecule has 1 aromatic heterocycles. The smallest absolute Gasteiger partial charge is 0.277 e. The van der Waals surface area contributed by atoms with Crippen LogP contribution in [-0.4, -0.2) is 35.5 Å². The number of hydrogen-bond acceptors (Lipinski definition) is 7. The Labute approximate surface area is 163 Å². The van der Waals surface area contributed by atoms with Crippen LogP contribution in [0.1, 0.15) is 17.3 Å². The highest BCUT2D eigenvalue weighted by Crippen LogP contribution is 2.34. The SMILES string of the molecule is COc1ccc(-c2nnc(S[C@@H](C)C(=O)c3ccc(F)c(F)c3)o2)c(OC)c1. The summed E-state index contributed by atoms with van der Waals surface area (Å²) in [6.07, 6.45) is 0. The lowest BCUT2D eigenvalue weighted by Gasteiger charge is -2.08. The molecule has 0 saturated carbocycles. The highest BCUT2D eigenvalue weighted by molar-refractivity contribution is 8.00. The van der Waals surface area contributed by atoms with E-state index in [1.165, 1.54) is 13.2 Å². The molecule has 3 aromatic rings. The molecule has 0 radical (unpaired) electrons. The van der Waals surface area contributed by atoms with E-state index in [0.717, 1.165) is 23.9 Å². The molecule has 0 spiro atoms. The lowest BCUT2D eigenvalue weighted by Crippen LogP contribution is -2.14. The van der Waals surface area contributed by atoms with Crippen molar-refractivity contribution in [1.29, 1.82) is 0 Å². The van der Waals surface area contributed by atoms with E-state index in [1.807, 2.05) is 0 Å². The zero-order valence-electron chi connectivity index (χ0n) is 15.2. The average molecular weight is 406 g/mol. The van der Waals surface area contributed by atoms with Crippen LogP contribution in [0.2, 0.25) is 0 Å². The van der Waals surface area contributed by atoms with Gasteiger partial charge in [-0.2, -0.15) is 0 Å². The van der Waals surface area contributed by atoms with Crippen LogP contribution in [-0.2, 0) is 0 Å². The normalized spacial score (nSPS) is 11.9. The summed E-state index contributed by atoms with van der Waals surface area (Å²) in [6, 6.07) is 8.15. The molecule has 0 N–H and O–H groups in total. The van der Waals surface area contributed by atoms with Gasteiger partial charge in [0.05, 0.1) is 25.0 Å². The highest BCUT2D eigenvalue weighted by atomic mass is 32.2. The number of carbonyl (C=O) groups excluding carboxylic acids is 1. The maximum absolute atomic E-state index is 13.4. The Morgan fingerprint density at radius 2 is 1.86 bits per heavy atom. The van der Waals surface area contributed by atoms with Crippen LogP contribution in [0.5, 0.6) is 11.5 Å². The van der Waals surface area contributed by atoms with Crippen molar-refractivity contribution in [2.75, 3.05) is 14.2 Å². The summed E-state index contributed by atoms with van der Waals surface area (Å²) >= 11 is 1.02. The molecule has 0 aliphatic heterocycles. The van der Waals surface area contributed by atoms with Crippen molar-refractivity contribution >= 4 is 17.5 Å². The molecule has 146 valence electrons. The molecule has 0 amide bonds. The monoisotopic (exact) mass is 406 g/mol. The maximum Gasteiger partial charge on any atom is 0.277 e. The summed E-state index contributed by atoms with van der Waals surface area (Å²) in [7, 11) is 3.05. The van der Waals surface area contributed by atoms with Gasteiger partial charge in [-0.3, -0.25) is 4.79 Å². The summed E-state index contributed by atoms with van der Waals surface area (Å²) in [5.74, 6) is -1.15. The van der Waals surface area contributed by atoms with Crippen molar-refractivity contribution in [3.8, 4) is 23.0 Å². The molecule has 0 saturated heterocycles. The van der Waals surface area contributed by atoms with Crippen molar-refractivity contribution in [3.05, 3.63) is 53.6 Å². The van der Waals surface area contributed by atoms with Gasteiger partial charge in [-0.25, -0.2) is 8.78 Å². The number of nitrogens with zero attached hydrogens (tertiary/aromatic N) is 2. The van der Waals surface area contributed by atoms with E-state index in [0.29, 0.717) is 17.1 Å². The second kappa shape index (κ2) is 8.39. The predicted molar refractivity (Wildman–Crippen MR) is 98.8 cm³/mol. The fraction of sp³-hybridized carbons (Fsp3) is 0.211. The lowest BCUT2D eigenvalue weighted by atomic mass is 10.1. The van der Waals surface area contributed by atoms with Crippen LogP contribution in [0, 0.1) is 11.6 Å². The molecule has 0 fully saturated rings. The zero-order chi connectivity index (χ0) is 20.3. The van der Waals surface area contributed by atoms with Gasteiger partial charge in [0.25, 0.3) is 11.1 Å². The molecule has 1 atom stereocenters. The number of hydrogen-bond donors (Lipinski definition) is 0. The van der Waals surface area contributed by atoms with Crippen molar-refractivity contribution in [2.45, 2.75) is 17.4 Å². The third-order valence-corrected chi connectivity index (χ3v) is 4.83. The summed E-state index contributed by atoms with van der Waals surface area (Å²) in [6.45, 7) is 1.62. The third-order valence-electron chi connectivity index (χ3n) is 3.90. The van der Waals surface area contributed by atoms with Crippen LogP contribution in [0.3, 0.4) is 0 Å². The minimum atomic E-state index is -1.07. The van der Waals surface area contributed by atoms with Gasteiger partial charge in [-0.15, -0.1) is 10.2 Å². The molecule has 3 rings (SSSR count). The number of halogens is 2. The van der Waals surface area contributed by atoms with Gasteiger partial charge in [0, 0.05) is 11.6 Å². The van der Waals surface area contributed by atoms with Crippen molar-refractivity contribution in [2.24, 2.45) is 0 Å². The molecule has 0 aliphatic rings. The fourth-order valence-electron chi connectivity index (χ4n) is 2.43. The summed E-state index contributed by atoms with van der Waals surface area (Å²) < 4.78 is 42.5. The lowest BCUT2D eigenvalue weighted by molar-refractivity contribution is 0.0993. The average Bonchev–Trinajstić information content (AvgIpc) is 3.17. The fourth-order valence-corrected chi connectivity index (χ4v) is 3.19. The van der Waals surface area contributed by atoms with E-state index in [9.17, 15) is 13.6 Å². The number of thioether (sulfide) groups is 1. The van der Waals surface area contributed by atoms with Crippen molar-refractivity contribution < 1.29 is 27.5 Å². The minimum Gasteiger partial charge on any atom is -0.497 e. The summed E-state index contributed by atoms with van der Waals surface area (Å²) in [5.41, 5.74) is 0.637. The van der Waals surface area contributed by atoms with E-state index in [4.69, 9.17) is 13.9 Å². The second-order valence-electron chi connectivity index (χ2n) is 5.69. The number of aromatic nitrogens is 2. The van der Waals surface area contributed by atoms with Gasteiger partial charge in [0.1, 0.15) is 11.5 Å². The van der Waals surface area contributed by atoms with E-state index in [-0.39, 0.29) is 22.5 Å². The van der Waals surface area contributed by atoms with E-state index in [1.54, 1.807) is 32.2 Å². The molecule has 6 nitrogen and oxygen atoms in total. The van der Waals surface area contributed by atoms with Gasteiger partial charge >= 0.3 is 0 Å². The maximum atomic E-state index is 13.4. The Bertz CT molecular complexity index is 1010. The standard InChI is InChI=1S/C19H16F2N2O4S/c1-10(17(24)11-4-7-14(20)15(21)8-11)28-19-23-22-18(27-19)13-6-5-12(25-2)9-16(13)26-3/h4-10H,1-3H3/t10-/m0/s1. The Morgan fingerprint density at radius 1 is 1.07 bits per heavy atom. The second-order valence-corrected chi connectivity index (χ2v) is 6.98. The first kappa shape index (κ1) is 19.8. The van der Waals surface area contributed by atoms with Crippen LogP contribution in [0.25, 0.3) is 11.5 Å². The minimum absolute atomic E-state index is 0.0652. The third kappa shape index (κ3) is 4.14. The number of ether oxygens (including phenoxy) is 2. The zero-order valence-corrected chi connectivity index (χ0v) is 16.0. The summed E-state index contributed by atoms with van der Waals surface area (Å²) in [4.78, 5) is 12.4. The van der Waals surface area contributed by atoms with Gasteiger partial charge < -0.3 is 13.9 Å². The Morgan fingerprint density at radius 3 is 2.54 bits per heavy atom. The first-order chi connectivity index (χ1) is 13.4. The van der Waals surface area contributed by atoms with Gasteiger partial charge in [-0.1, -0.05) is 11.8 Å². The van der Waals surface area contributed by atoms with E-state index in [2.05, 4.69) is 10.2 Å². The van der Waals surface area contributed by atoms with Crippen molar-refractivity contribution in [3.63, 3.8) is 0 Å². The highest BCUT2D eigenvalue weighted by Gasteiger charge is 2.22. The molecule has 0 unspecified atom stereocenters. The Kier molecular flexibility index (Phi) is 5.93. The number of carbonyl (C=O) groups is 1. The molecule has 2 aromatic carbocycles. The topological polar surface area (TPSA) is 74.5 Å². The van der Waals surface area contributed by atoms with Gasteiger partial charge in [-0.05, 0) is 37.3 Å². The Hall–Kier alpha value is -2.94. The molecule has 9 heteroatoms. The molecule has 28 heavy (non-hydrogen) atoms. The van der Waals surface area contributed by atoms with Crippen LogP contribution < -0.4 is 9.47 Å². The van der Waals surface area contributed by atoms with Gasteiger partial charge in [0.2, 0.25) is 0 Å². The molecular formula is C19H16F2N2O4S. The van der Waals surface area contributed by atoms with Crippen LogP contribution >= 0.6 is 11.8 Å². The Balaban J connectivity index is 1.77. The quantitative estimate of drug-likeness (QED) is 0.425. The molecule has 0 bridgehead atoms. The van der Waals surface area contributed by atoms with Crippen molar-refractivity contribution in [1.82, 2.24) is 10.2 Å². The van der Waals surface area contributed by atoms with E-state index < -0.39 is 16.9 Å². The van der Waals surface area contributed by atoms with E-state index >= 15 is 0 Å². The largest absolute Gasteiger partial charge is 0.497 e. The number of benzene rings is 2. The number of ketones is 1. The first-order valence-electron chi connectivity index (χ1n) is 8.14. The molecule has 0 aliphatic carbocycles.